The second-order valence-electron chi connectivity index (χ2n) is 9.10. The van der Waals surface area contributed by atoms with E-state index in [-0.39, 0.29) is 16.4 Å². The average Bonchev–Trinajstić information content (AvgIpc) is 3.20. The first-order valence-electron chi connectivity index (χ1n) is 10.3. The summed E-state index contributed by atoms with van der Waals surface area (Å²) in [6.45, 7) is 12.4. The standard InChI is InChI=1S/C23H30FN3O2Si/c1-23(2,3)30(4,5)29-14-6-7-19-16-27(20-10-8-18(24)9-11-20)22(28)21(26-19)17-12-13-25-15-17/h8-12,15-16H,6-7,13-14H2,1-5H3. The van der Waals surface area contributed by atoms with Gasteiger partial charge in [-0.1, -0.05) is 26.8 Å². The number of hydrogen-bond donors (Lipinski definition) is 0. The van der Waals surface area contributed by atoms with Crippen LogP contribution in [0.25, 0.3) is 11.3 Å². The Morgan fingerprint density at radius 3 is 2.50 bits per heavy atom. The summed E-state index contributed by atoms with van der Waals surface area (Å²) in [6.07, 6.45) is 6.82. The quantitative estimate of drug-likeness (QED) is 0.471. The molecule has 3 rings (SSSR count). The Morgan fingerprint density at radius 2 is 1.90 bits per heavy atom. The fourth-order valence-electron chi connectivity index (χ4n) is 2.95. The summed E-state index contributed by atoms with van der Waals surface area (Å²) >= 11 is 0. The molecule has 1 aliphatic heterocycles. The van der Waals surface area contributed by atoms with E-state index in [0.717, 1.165) is 17.7 Å². The Morgan fingerprint density at radius 1 is 1.20 bits per heavy atom. The predicted octanol–water partition coefficient (Wildman–Crippen LogP) is 4.79. The Bertz CT molecular complexity index is 1020. The molecule has 0 bridgehead atoms. The molecule has 160 valence electrons. The fraction of sp³-hybridized carbons (Fsp3) is 0.435. The highest BCUT2D eigenvalue weighted by atomic mass is 28.4. The van der Waals surface area contributed by atoms with E-state index in [0.29, 0.717) is 31.0 Å². The van der Waals surface area contributed by atoms with Crippen molar-refractivity contribution < 1.29 is 8.82 Å². The minimum Gasteiger partial charge on any atom is -0.417 e. The summed E-state index contributed by atoms with van der Waals surface area (Å²) in [5.41, 5.74) is 2.29. The minimum atomic E-state index is -1.79. The topological polar surface area (TPSA) is 56.5 Å². The molecule has 7 heteroatoms. The van der Waals surface area contributed by atoms with Gasteiger partial charge in [-0.3, -0.25) is 14.4 Å². The predicted molar refractivity (Wildman–Crippen MR) is 123 cm³/mol. The van der Waals surface area contributed by atoms with Crippen molar-refractivity contribution in [2.45, 2.75) is 51.7 Å². The van der Waals surface area contributed by atoms with Crippen molar-refractivity contribution in [3.63, 3.8) is 0 Å². The van der Waals surface area contributed by atoms with Gasteiger partial charge in [0.25, 0.3) is 5.56 Å². The van der Waals surface area contributed by atoms with Gasteiger partial charge in [0.05, 0.1) is 12.2 Å². The van der Waals surface area contributed by atoms with Gasteiger partial charge in [0.15, 0.2) is 8.32 Å². The molecule has 1 aliphatic rings. The number of halogens is 1. The SMILES string of the molecule is CC(C)(C)[Si](C)(C)OCCCc1cn(-c2ccc(F)cc2)c(=O)c(C2=CCN=C2)n1. The van der Waals surface area contributed by atoms with Crippen LogP contribution in [-0.2, 0) is 10.8 Å². The maximum absolute atomic E-state index is 13.4. The molecule has 0 fully saturated rings. The number of allylic oxidation sites excluding steroid dienone is 1. The zero-order valence-electron chi connectivity index (χ0n) is 18.4. The maximum atomic E-state index is 13.4. The smallest absolute Gasteiger partial charge is 0.281 e. The van der Waals surface area contributed by atoms with Crippen molar-refractivity contribution in [1.29, 1.82) is 0 Å². The third kappa shape index (κ3) is 5.02. The molecule has 0 N–H and O–H groups in total. The van der Waals surface area contributed by atoms with Crippen LogP contribution in [0.15, 0.2) is 46.3 Å². The van der Waals surface area contributed by atoms with Crippen molar-refractivity contribution in [3.05, 3.63) is 64.1 Å². The number of aryl methyl sites for hydroxylation is 1. The van der Waals surface area contributed by atoms with Gasteiger partial charge < -0.3 is 4.43 Å². The van der Waals surface area contributed by atoms with Crippen LogP contribution in [0.3, 0.4) is 0 Å². The lowest BCUT2D eigenvalue weighted by Gasteiger charge is -2.36. The molecule has 1 aromatic heterocycles. The second-order valence-corrected chi connectivity index (χ2v) is 13.9. The molecule has 0 amide bonds. The Kier molecular flexibility index (Phi) is 6.52. The largest absolute Gasteiger partial charge is 0.417 e. The zero-order valence-corrected chi connectivity index (χ0v) is 19.4. The van der Waals surface area contributed by atoms with Gasteiger partial charge in [0.1, 0.15) is 11.5 Å². The number of hydrogen-bond acceptors (Lipinski definition) is 4. The summed E-state index contributed by atoms with van der Waals surface area (Å²) in [6, 6.07) is 5.90. The van der Waals surface area contributed by atoms with E-state index in [4.69, 9.17) is 4.43 Å². The van der Waals surface area contributed by atoms with Crippen LogP contribution in [0, 0.1) is 5.82 Å². The van der Waals surface area contributed by atoms with E-state index < -0.39 is 8.32 Å². The minimum absolute atomic E-state index is 0.169. The highest BCUT2D eigenvalue weighted by molar-refractivity contribution is 6.74. The maximum Gasteiger partial charge on any atom is 0.281 e. The van der Waals surface area contributed by atoms with Gasteiger partial charge in [-0.2, -0.15) is 0 Å². The van der Waals surface area contributed by atoms with Crippen molar-refractivity contribution in [2.75, 3.05) is 13.2 Å². The van der Waals surface area contributed by atoms with Gasteiger partial charge in [-0.25, -0.2) is 9.37 Å². The molecular formula is C23H30FN3O2Si. The Hall–Kier alpha value is -2.38. The number of rotatable bonds is 7. The summed E-state index contributed by atoms with van der Waals surface area (Å²) in [5, 5.41) is 0.169. The van der Waals surface area contributed by atoms with Gasteiger partial charge in [-0.15, -0.1) is 0 Å². The summed E-state index contributed by atoms with van der Waals surface area (Å²) < 4.78 is 21.2. The lowest BCUT2D eigenvalue weighted by atomic mass is 10.2. The van der Waals surface area contributed by atoms with Crippen LogP contribution >= 0.6 is 0 Å². The average molecular weight is 428 g/mol. The van der Waals surface area contributed by atoms with Gasteiger partial charge in [-0.05, 0) is 55.2 Å². The molecule has 1 aromatic carbocycles. The van der Waals surface area contributed by atoms with E-state index >= 15 is 0 Å². The van der Waals surface area contributed by atoms with Crippen LogP contribution in [0.4, 0.5) is 4.39 Å². The zero-order chi connectivity index (χ0) is 21.9. The van der Waals surface area contributed by atoms with E-state index in [2.05, 4.69) is 43.8 Å². The van der Waals surface area contributed by atoms with Crippen molar-refractivity contribution in [3.8, 4) is 5.69 Å². The molecule has 0 saturated heterocycles. The van der Waals surface area contributed by atoms with Crippen molar-refractivity contribution in [1.82, 2.24) is 9.55 Å². The molecule has 0 radical (unpaired) electrons. The summed E-state index contributed by atoms with van der Waals surface area (Å²) in [4.78, 5) is 21.9. The molecule has 30 heavy (non-hydrogen) atoms. The third-order valence-corrected chi connectivity index (χ3v) is 10.4. The normalized spacial score (nSPS) is 14.3. The Balaban J connectivity index is 1.85. The highest BCUT2D eigenvalue weighted by Crippen LogP contribution is 2.36. The molecule has 5 nitrogen and oxygen atoms in total. The van der Waals surface area contributed by atoms with E-state index in [1.165, 1.54) is 12.1 Å². The molecule has 2 aromatic rings. The number of nitrogens with zero attached hydrogens (tertiary/aromatic N) is 3. The second kappa shape index (κ2) is 8.77. The van der Waals surface area contributed by atoms with Gasteiger partial charge in [0.2, 0.25) is 0 Å². The fourth-order valence-corrected chi connectivity index (χ4v) is 4.04. The van der Waals surface area contributed by atoms with Crippen LogP contribution in [0.2, 0.25) is 18.1 Å². The van der Waals surface area contributed by atoms with E-state index in [1.54, 1.807) is 29.1 Å². The first-order valence-corrected chi connectivity index (χ1v) is 13.2. The lowest BCUT2D eigenvalue weighted by Crippen LogP contribution is -2.41. The van der Waals surface area contributed by atoms with Crippen molar-refractivity contribution >= 4 is 20.1 Å². The summed E-state index contributed by atoms with van der Waals surface area (Å²) in [5.74, 6) is -0.338. The van der Waals surface area contributed by atoms with Gasteiger partial charge >= 0.3 is 0 Å². The number of aliphatic imine (C=N–C) groups is 1. The highest BCUT2D eigenvalue weighted by Gasteiger charge is 2.36. The van der Waals surface area contributed by atoms with Crippen LogP contribution in [0.5, 0.6) is 0 Å². The van der Waals surface area contributed by atoms with E-state index in [9.17, 15) is 9.18 Å². The van der Waals surface area contributed by atoms with Crippen LogP contribution in [0.1, 0.15) is 38.6 Å². The monoisotopic (exact) mass is 427 g/mol. The molecule has 0 saturated carbocycles. The lowest BCUT2D eigenvalue weighted by molar-refractivity contribution is 0.282. The first-order chi connectivity index (χ1) is 14.1. The van der Waals surface area contributed by atoms with Gasteiger partial charge in [0, 0.05) is 30.3 Å². The first kappa shape index (κ1) is 22.3. The Labute approximate surface area is 178 Å². The van der Waals surface area contributed by atoms with Crippen LogP contribution < -0.4 is 5.56 Å². The molecular weight excluding hydrogens is 397 g/mol. The molecule has 0 aliphatic carbocycles. The molecule has 0 atom stereocenters. The molecule has 0 spiro atoms. The summed E-state index contributed by atoms with van der Waals surface area (Å²) in [7, 11) is -1.79. The third-order valence-electron chi connectivity index (χ3n) is 5.83. The molecule has 2 heterocycles. The number of aromatic nitrogens is 2. The molecule has 0 unspecified atom stereocenters. The van der Waals surface area contributed by atoms with Crippen molar-refractivity contribution in [2.24, 2.45) is 4.99 Å². The van der Waals surface area contributed by atoms with Crippen LogP contribution in [-0.4, -0.2) is 37.2 Å². The van der Waals surface area contributed by atoms with E-state index in [1.807, 2.05) is 6.08 Å². The number of benzene rings is 1.